The lowest BCUT2D eigenvalue weighted by Crippen LogP contribution is -2.21. The molecule has 1 saturated carbocycles. The predicted octanol–water partition coefficient (Wildman–Crippen LogP) is 3.39. The second kappa shape index (κ2) is 6.02. The molecule has 0 unspecified atom stereocenters. The Balaban J connectivity index is 1.82. The Labute approximate surface area is 129 Å². The third-order valence-electron chi connectivity index (χ3n) is 3.89. The molecule has 21 heavy (non-hydrogen) atoms. The van der Waals surface area contributed by atoms with Crippen LogP contribution in [-0.4, -0.2) is 25.8 Å². The summed E-state index contributed by atoms with van der Waals surface area (Å²) < 4.78 is 1.98. The minimum Gasteiger partial charge on any atom is -0.305 e. The van der Waals surface area contributed by atoms with Crippen LogP contribution < -0.4 is 0 Å². The van der Waals surface area contributed by atoms with Gasteiger partial charge in [-0.2, -0.15) is 0 Å². The molecule has 110 valence electrons. The van der Waals surface area contributed by atoms with Gasteiger partial charge in [0.25, 0.3) is 0 Å². The molecule has 4 nitrogen and oxygen atoms in total. The Morgan fingerprint density at radius 2 is 1.95 bits per heavy atom. The second-order valence-electron chi connectivity index (χ2n) is 5.55. The molecule has 1 aliphatic rings. The van der Waals surface area contributed by atoms with E-state index >= 15 is 0 Å². The van der Waals surface area contributed by atoms with Crippen molar-refractivity contribution in [1.29, 1.82) is 0 Å². The number of nitrogens with zero attached hydrogens (tertiary/aromatic N) is 3. The lowest BCUT2D eigenvalue weighted by atomic mass is 9.99. The van der Waals surface area contributed by atoms with Crippen molar-refractivity contribution in [1.82, 2.24) is 14.8 Å². The van der Waals surface area contributed by atoms with E-state index in [4.69, 9.17) is 0 Å². The Morgan fingerprint density at radius 3 is 2.67 bits per heavy atom. The summed E-state index contributed by atoms with van der Waals surface area (Å²) in [5.41, 5.74) is 2.28. The van der Waals surface area contributed by atoms with E-state index in [-0.39, 0.29) is 5.25 Å². The number of hydrogen-bond acceptors (Lipinski definition) is 4. The Bertz CT molecular complexity index is 648. The molecule has 3 rings (SSSR count). The van der Waals surface area contributed by atoms with Gasteiger partial charge in [0, 0.05) is 19.0 Å². The normalized spacial score (nSPS) is 19.0. The number of Topliss-reactive ketones (excluding diaryl/α,β-unsaturated/α-hetero) is 1. The zero-order valence-corrected chi connectivity index (χ0v) is 13.2. The standard InChI is InChI=1S/C16H19N3OS/c1-11-7-9-12(10-8-11)15-17-18-16(19(15)2)21-14-6-4-3-5-13(14)20/h7-10,14H,3-6H2,1-2H3/t14-/m1/s1. The minimum absolute atomic E-state index is 0.0486. The quantitative estimate of drug-likeness (QED) is 0.872. The van der Waals surface area contributed by atoms with E-state index in [0.29, 0.717) is 12.2 Å². The van der Waals surface area contributed by atoms with Crippen molar-refractivity contribution in [3.63, 3.8) is 0 Å². The van der Waals surface area contributed by atoms with Gasteiger partial charge in [-0.25, -0.2) is 0 Å². The summed E-state index contributed by atoms with van der Waals surface area (Å²) in [5.74, 6) is 1.20. The van der Waals surface area contributed by atoms with Crippen LogP contribution in [0.2, 0.25) is 0 Å². The highest BCUT2D eigenvalue weighted by atomic mass is 32.2. The average molecular weight is 301 g/mol. The summed E-state index contributed by atoms with van der Waals surface area (Å²) in [6.07, 6.45) is 3.83. The first-order chi connectivity index (χ1) is 10.1. The first-order valence-electron chi connectivity index (χ1n) is 7.31. The van der Waals surface area contributed by atoms with E-state index in [9.17, 15) is 4.79 Å². The molecule has 0 aliphatic heterocycles. The van der Waals surface area contributed by atoms with E-state index in [1.807, 2.05) is 11.6 Å². The van der Waals surface area contributed by atoms with Crippen molar-refractivity contribution < 1.29 is 4.79 Å². The number of ketones is 1. The fourth-order valence-corrected chi connectivity index (χ4v) is 3.70. The minimum atomic E-state index is 0.0486. The Hall–Kier alpha value is -1.62. The predicted molar refractivity (Wildman–Crippen MR) is 84.3 cm³/mol. The Kier molecular flexibility index (Phi) is 4.10. The molecule has 0 N–H and O–H groups in total. The van der Waals surface area contributed by atoms with Crippen LogP contribution in [0.25, 0.3) is 11.4 Å². The van der Waals surface area contributed by atoms with Gasteiger partial charge in [0.2, 0.25) is 0 Å². The number of aromatic nitrogens is 3. The molecule has 0 bridgehead atoms. The van der Waals surface area contributed by atoms with Gasteiger partial charge in [0.05, 0.1) is 5.25 Å². The van der Waals surface area contributed by atoms with E-state index in [1.165, 1.54) is 5.56 Å². The molecule has 1 aromatic carbocycles. The third kappa shape index (κ3) is 3.02. The molecule has 1 fully saturated rings. The zero-order valence-electron chi connectivity index (χ0n) is 12.4. The highest BCUT2D eigenvalue weighted by Crippen LogP contribution is 2.32. The van der Waals surface area contributed by atoms with Crippen molar-refractivity contribution in [2.24, 2.45) is 7.05 Å². The molecule has 1 aliphatic carbocycles. The SMILES string of the molecule is Cc1ccc(-c2nnc(S[C@@H]3CCCCC3=O)n2C)cc1. The number of aryl methyl sites for hydroxylation is 1. The highest BCUT2D eigenvalue weighted by molar-refractivity contribution is 8.00. The maximum atomic E-state index is 11.9. The van der Waals surface area contributed by atoms with Crippen molar-refractivity contribution in [3.8, 4) is 11.4 Å². The topological polar surface area (TPSA) is 47.8 Å². The smallest absolute Gasteiger partial charge is 0.191 e. The van der Waals surface area contributed by atoms with Crippen LogP contribution in [0.1, 0.15) is 31.2 Å². The van der Waals surface area contributed by atoms with Gasteiger partial charge in [-0.05, 0) is 19.8 Å². The molecule has 0 radical (unpaired) electrons. The number of thioether (sulfide) groups is 1. The van der Waals surface area contributed by atoms with Crippen LogP contribution in [0.15, 0.2) is 29.4 Å². The molecule has 0 spiro atoms. The van der Waals surface area contributed by atoms with Gasteiger partial charge in [-0.15, -0.1) is 10.2 Å². The summed E-state index contributed by atoms with van der Waals surface area (Å²) in [5, 5.41) is 9.43. The van der Waals surface area contributed by atoms with E-state index in [0.717, 1.165) is 35.8 Å². The number of carbonyl (C=O) groups excluding carboxylic acids is 1. The fourth-order valence-electron chi connectivity index (χ4n) is 2.57. The summed E-state index contributed by atoms with van der Waals surface area (Å²) in [6.45, 7) is 2.07. The maximum absolute atomic E-state index is 11.9. The van der Waals surface area contributed by atoms with Gasteiger partial charge >= 0.3 is 0 Å². The number of benzene rings is 1. The van der Waals surface area contributed by atoms with Crippen molar-refractivity contribution in [2.45, 2.75) is 43.0 Å². The fraction of sp³-hybridized carbons (Fsp3) is 0.438. The molecule has 5 heteroatoms. The summed E-state index contributed by atoms with van der Waals surface area (Å²) in [7, 11) is 1.96. The first kappa shape index (κ1) is 14.3. The van der Waals surface area contributed by atoms with Crippen LogP contribution in [0.5, 0.6) is 0 Å². The lowest BCUT2D eigenvalue weighted by Gasteiger charge is -2.19. The van der Waals surface area contributed by atoms with Gasteiger partial charge in [0.1, 0.15) is 5.78 Å². The number of rotatable bonds is 3. The van der Waals surface area contributed by atoms with Crippen molar-refractivity contribution in [3.05, 3.63) is 29.8 Å². The summed E-state index contributed by atoms with van der Waals surface area (Å²) in [4.78, 5) is 11.9. The van der Waals surface area contributed by atoms with Crippen LogP contribution in [0, 0.1) is 6.92 Å². The van der Waals surface area contributed by atoms with E-state index in [1.54, 1.807) is 11.8 Å². The molecule has 2 aromatic rings. The van der Waals surface area contributed by atoms with Crippen molar-refractivity contribution in [2.75, 3.05) is 0 Å². The second-order valence-corrected chi connectivity index (χ2v) is 6.72. The number of carbonyl (C=O) groups is 1. The van der Waals surface area contributed by atoms with Gasteiger partial charge < -0.3 is 4.57 Å². The molecule has 0 saturated heterocycles. The van der Waals surface area contributed by atoms with Crippen LogP contribution in [0.3, 0.4) is 0 Å². The molecule has 0 amide bonds. The van der Waals surface area contributed by atoms with Gasteiger partial charge in [-0.1, -0.05) is 48.0 Å². The van der Waals surface area contributed by atoms with Crippen LogP contribution in [-0.2, 0) is 11.8 Å². The molecular formula is C16H19N3OS. The lowest BCUT2D eigenvalue weighted by molar-refractivity contribution is -0.119. The largest absolute Gasteiger partial charge is 0.305 e. The monoisotopic (exact) mass is 301 g/mol. The number of hydrogen-bond donors (Lipinski definition) is 0. The van der Waals surface area contributed by atoms with Gasteiger partial charge in [0.15, 0.2) is 11.0 Å². The maximum Gasteiger partial charge on any atom is 0.191 e. The van der Waals surface area contributed by atoms with Crippen LogP contribution in [0.4, 0.5) is 0 Å². The van der Waals surface area contributed by atoms with E-state index < -0.39 is 0 Å². The van der Waals surface area contributed by atoms with Crippen LogP contribution >= 0.6 is 11.8 Å². The van der Waals surface area contributed by atoms with E-state index in [2.05, 4.69) is 41.4 Å². The van der Waals surface area contributed by atoms with Gasteiger partial charge in [-0.3, -0.25) is 4.79 Å². The molecule has 1 aromatic heterocycles. The van der Waals surface area contributed by atoms with Crippen molar-refractivity contribution >= 4 is 17.5 Å². The zero-order chi connectivity index (χ0) is 14.8. The summed E-state index contributed by atoms with van der Waals surface area (Å²) in [6, 6.07) is 8.25. The highest BCUT2D eigenvalue weighted by Gasteiger charge is 2.25. The molecule has 1 heterocycles. The molecule has 1 atom stereocenters. The first-order valence-corrected chi connectivity index (χ1v) is 8.19. The Morgan fingerprint density at radius 1 is 1.19 bits per heavy atom. The molecular weight excluding hydrogens is 282 g/mol. The third-order valence-corrected chi connectivity index (χ3v) is 5.24. The average Bonchev–Trinajstić information content (AvgIpc) is 2.84. The summed E-state index contributed by atoms with van der Waals surface area (Å²) >= 11 is 1.56.